The summed E-state index contributed by atoms with van der Waals surface area (Å²) in [5.74, 6) is 0.746. The summed E-state index contributed by atoms with van der Waals surface area (Å²) >= 11 is 0. The van der Waals surface area contributed by atoms with Crippen LogP contribution in [0.4, 0.5) is 5.69 Å². The average molecular weight is 287 g/mol. The van der Waals surface area contributed by atoms with Gasteiger partial charge < -0.3 is 10.0 Å². The number of carbonyl (C=O) groups excluding carboxylic acids is 1. The first-order valence-corrected chi connectivity index (χ1v) is 7.76. The molecule has 2 unspecified atom stereocenters. The Morgan fingerprint density at radius 2 is 1.81 bits per heavy atom. The molecule has 4 heteroatoms. The van der Waals surface area contributed by atoms with E-state index in [4.69, 9.17) is 5.11 Å². The number of anilines is 1. The SMILES string of the molecule is O=C(O)CCCN(C(=O)C1C2CCCC21)c1ccccc1. The van der Waals surface area contributed by atoms with E-state index in [-0.39, 0.29) is 18.2 Å². The van der Waals surface area contributed by atoms with Crippen LogP contribution in [0.1, 0.15) is 32.1 Å². The van der Waals surface area contributed by atoms with E-state index >= 15 is 0 Å². The highest BCUT2D eigenvalue weighted by atomic mass is 16.4. The fraction of sp³-hybridized carbons (Fsp3) is 0.529. The van der Waals surface area contributed by atoms with Crippen LogP contribution in [0.2, 0.25) is 0 Å². The zero-order chi connectivity index (χ0) is 14.8. The van der Waals surface area contributed by atoms with Crippen LogP contribution in [-0.2, 0) is 9.59 Å². The summed E-state index contributed by atoms with van der Waals surface area (Å²) in [6.45, 7) is 0.491. The van der Waals surface area contributed by atoms with Crippen molar-refractivity contribution in [3.63, 3.8) is 0 Å². The molecule has 0 bridgehead atoms. The molecule has 1 amide bonds. The Kier molecular flexibility index (Phi) is 3.95. The predicted molar refractivity (Wildman–Crippen MR) is 80.0 cm³/mol. The highest BCUT2D eigenvalue weighted by molar-refractivity contribution is 5.97. The molecule has 1 aromatic rings. The van der Waals surface area contributed by atoms with E-state index in [1.807, 2.05) is 30.3 Å². The lowest BCUT2D eigenvalue weighted by Crippen LogP contribution is -2.34. The number of hydrogen-bond donors (Lipinski definition) is 1. The Labute approximate surface area is 124 Å². The topological polar surface area (TPSA) is 57.6 Å². The van der Waals surface area contributed by atoms with Crippen LogP contribution in [0.15, 0.2) is 30.3 Å². The van der Waals surface area contributed by atoms with E-state index in [1.54, 1.807) is 4.90 Å². The second-order valence-corrected chi connectivity index (χ2v) is 6.11. The van der Waals surface area contributed by atoms with Gasteiger partial charge in [0.15, 0.2) is 0 Å². The molecule has 2 saturated carbocycles. The number of aliphatic carboxylic acids is 1. The van der Waals surface area contributed by atoms with Crippen molar-refractivity contribution >= 4 is 17.6 Å². The number of amides is 1. The van der Waals surface area contributed by atoms with Crippen molar-refractivity contribution in [2.24, 2.45) is 17.8 Å². The number of carbonyl (C=O) groups is 2. The van der Waals surface area contributed by atoms with Crippen LogP contribution in [0.3, 0.4) is 0 Å². The summed E-state index contributed by atoms with van der Waals surface area (Å²) in [5.41, 5.74) is 0.887. The van der Waals surface area contributed by atoms with Crippen molar-refractivity contribution in [1.82, 2.24) is 0 Å². The van der Waals surface area contributed by atoms with Crippen LogP contribution in [0, 0.1) is 17.8 Å². The molecule has 0 spiro atoms. The van der Waals surface area contributed by atoms with Gasteiger partial charge in [0.2, 0.25) is 5.91 Å². The van der Waals surface area contributed by atoms with Gasteiger partial charge in [0.25, 0.3) is 0 Å². The molecule has 112 valence electrons. The Hall–Kier alpha value is -1.84. The Morgan fingerprint density at radius 1 is 1.14 bits per heavy atom. The fourth-order valence-electron chi connectivity index (χ4n) is 3.73. The number of carboxylic acids is 1. The van der Waals surface area contributed by atoms with E-state index in [2.05, 4.69) is 0 Å². The first-order chi connectivity index (χ1) is 10.2. The van der Waals surface area contributed by atoms with Crippen LogP contribution < -0.4 is 4.90 Å². The van der Waals surface area contributed by atoms with Crippen molar-refractivity contribution in [2.45, 2.75) is 32.1 Å². The first-order valence-electron chi connectivity index (χ1n) is 7.76. The molecular weight excluding hydrogens is 266 g/mol. The molecule has 2 aliphatic rings. The van der Waals surface area contributed by atoms with E-state index in [0.29, 0.717) is 24.8 Å². The van der Waals surface area contributed by atoms with Crippen LogP contribution >= 0.6 is 0 Å². The van der Waals surface area contributed by atoms with E-state index < -0.39 is 5.97 Å². The zero-order valence-electron chi connectivity index (χ0n) is 12.1. The second kappa shape index (κ2) is 5.88. The summed E-state index contributed by atoms with van der Waals surface area (Å²) < 4.78 is 0. The van der Waals surface area contributed by atoms with Gasteiger partial charge in [-0.2, -0.15) is 0 Å². The minimum atomic E-state index is -0.807. The van der Waals surface area contributed by atoms with Gasteiger partial charge in [0, 0.05) is 24.6 Å². The fourth-order valence-corrected chi connectivity index (χ4v) is 3.73. The third kappa shape index (κ3) is 2.94. The molecule has 0 heterocycles. The maximum atomic E-state index is 12.8. The second-order valence-electron chi connectivity index (χ2n) is 6.11. The van der Waals surface area contributed by atoms with Gasteiger partial charge in [0.05, 0.1) is 0 Å². The number of benzene rings is 1. The maximum absolute atomic E-state index is 12.8. The number of rotatable bonds is 6. The summed E-state index contributed by atoms with van der Waals surface area (Å²) in [5, 5.41) is 8.78. The number of para-hydroxylation sites is 1. The van der Waals surface area contributed by atoms with Gasteiger partial charge in [-0.1, -0.05) is 24.6 Å². The minimum absolute atomic E-state index is 0.105. The van der Waals surface area contributed by atoms with Crippen molar-refractivity contribution in [2.75, 3.05) is 11.4 Å². The van der Waals surface area contributed by atoms with Crippen LogP contribution in [0.25, 0.3) is 0 Å². The molecular formula is C17H21NO3. The average Bonchev–Trinajstić information content (AvgIpc) is 2.96. The highest BCUT2D eigenvalue weighted by Gasteiger charge is 2.57. The Morgan fingerprint density at radius 3 is 2.43 bits per heavy atom. The minimum Gasteiger partial charge on any atom is -0.481 e. The summed E-state index contributed by atoms with van der Waals surface area (Å²) in [4.78, 5) is 25.3. The molecule has 2 atom stereocenters. The number of fused-ring (bicyclic) bond motifs is 1. The standard InChI is InChI=1S/C17H21NO3/c19-15(20)10-5-11-18(12-6-2-1-3-7-12)17(21)16-13-8-4-9-14(13)16/h1-3,6-7,13-14,16H,4-5,8-11H2,(H,19,20). The van der Waals surface area contributed by atoms with E-state index in [1.165, 1.54) is 19.3 Å². The van der Waals surface area contributed by atoms with Crippen molar-refractivity contribution in [1.29, 1.82) is 0 Å². The van der Waals surface area contributed by atoms with Crippen LogP contribution in [0.5, 0.6) is 0 Å². The zero-order valence-corrected chi connectivity index (χ0v) is 12.1. The van der Waals surface area contributed by atoms with Crippen molar-refractivity contribution in [3.05, 3.63) is 30.3 Å². The lowest BCUT2D eigenvalue weighted by atomic mass is 10.1. The maximum Gasteiger partial charge on any atom is 0.303 e. The molecule has 3 rings (SSSR count). The summed E-state index contributed by atoms with van der Waals surface area (Å²) in [6.07, 6.45) is 4.22. The number of carboxylic acid groups (broad SMARTS) is 1. The highest BCUT2D eigenvalue weighted by Crippen LogP contribution is 2.58. The third-order valence-electron chi connectivity index (χ3n) is 4.80. The number of nitrogens with zero attached hydrogens (tertiary/aromatic N) is 1. The molecule has 2 aliphatic carbocycles. The van der Waals surface area contributed by atoms with Gasteiger partial charge in [0.1, 0.15) is 0 Å². The lowest BCUT2D eigenvalue weighted by Gasteiger charge is -2.23. The molecule has 4 nitrogen and oxygen atoms in total. The van der Waals surface area contributed by atoms with Gasteiger partial charge in [-0.3, -0.25) is 9.59 Å². The molecule has 1 N–H and O–H groups in total. The van der Waals surface area contributed by atoms with E-state index in [0.717, 1.165) is 5.69 Å². The predicted octanol–water partition coefficient (Wildman–Crippen LogP) is 2.93. The van der Waals surface area contributed by atoms with Gasteiger partial charge in [-0.15, -0.1) is 0 Å². The monoisotopic (exact) mass is 287 g/mol. The lowest BCUT2D eigenvalue weighted by molar-refractivity contribution is -0.137. The van der Waals surface area contributed by atoms with Gasteiger partial charge in [-0.05, 0) is 43.2 Å². The largest absolute Gasteiger partial charge is 0.481 e. The summed E-state index contributed by atoms with van der Waals surface area (Å²) in [7, 11) is 0. The third-order valence-corrected chi connectivity index (χ3v) is 4.80. The Balaban J connectivity index is 1.69. The number of hydrogen-bond acceptors (Lipinski definition) is 2. The molecule has 0 saturated heterocycles. The van der Waals surface area contributed by atoms with Gasteiger partial charge in [-0.25, -0.2) is 0 Å². The Bertz CT molecular complexity index is 518. The van der Waals surface area contributed by atoms with Gasteiger partial charge >= 0.3 is 5.97 Å². The van der Waals surface area contributed by atoms with Crippen LogP contribution in [-0.4, -0.2) is 23.5 Å². The van der Waals surface area contributed by atoms with E-state index in [9.17, 15) is 9.59 Å². The molecule has 0 aromatic heterocycles. The molecule has 2 fully saturated rings. The van der Waals surface area contributed by atoms with Crippen molar-refractivity contribution < 1.29 is 14.7 Å². The smallest absolute Gasteiger partial charge is 0.303 e. The molecule has 0 radical (unpaired) electrons. The molecule has 21 heavy (non-hydrogen) atoms. The quantitative estimate of drug-likeness (QED) is 0.875. The van der Waals surface area contributed by atoms with Crippen molar-refractivity contribution in [3.8, 4) is 0 Å². The summed E-state index contributed by atoms with van der Waals surface area (Å²) in [6, 6.07) is 9.62. The first kappa shape index (κ1) is 14.1. The molecule has 1 aromatic carbocycles. The normalized spacial score (nSPS) is 26.2. The molecule has 0 aliphatic heterocycles.